The Balaban J connectivity index is 3.43. The molecule has 0 aromatic carbocycles. The van der Waals surface area contributed by atoms with Gasteiger partial charge in [-0.1, -0.05) is 0 Å². The lowest BCUT2D eigenvalue weighted by atomic mass is 10.1. The molecule has 0 aliphatic heterocycles. The fourth-order valence-electron chi connectivity index (χ4n) is 1.39. The lowest BCUT2D eigenvalue weighted by Gasteiger charge is -2.14. The standard InChI is InChI=1S/C12H24N2O5/c1-10(4-3-5-11(15)16)14-12(17)13-6-7-19-9-8-18-2/h10H,3-9H2,1-2H3,(H,15,16)(H2,13,14,17). The fourth-order valence-corrected chi connectivity index (χ4v) is 1.39. The summed E-state index contributed by atoms with van der Waals surface area (Å²) in [6, 6.07) is -0.313. The number of carbonyl (C=O) groups excluding carboxylic acids is 1. The van der Waals surface area contributed by atoms with E-state index in [2.05, 4.69) is 10.6 Å². The van der Waals surface area contributed by atoms with Gasteiger partial charge in [0.1, 0.15) is 0 Å². The van der Waals surface area contributed by atoms with Crippen molar-refractivity contribution in [1.82, 2.24) is 10.6 Å². The van der Waals surface area contributed by atoms with Crippen molar-refractivity contribution in [1.29, 1.82) is 0 Å². The molecule has 19 heavy (non-hydrogen) atoms. The number of hydrogen-bond donors (Lipinski definition) is 3. The lowest BCUT2D eigenvalue weighted by molar-refractivity contribution is -0.137. The summed E-state index contributed by atoms with van der Waals surface area (Å²) in [5.74, 6) is -0.815. The highest BCUT2D eigenvalue weighted by Crippen LogP contribution is 2.00. The third-order valence-electron chi connectivity index (χ3n) is 2.37. The molecule has 1 atom stereocenters. The Kier molecular flexibility index (Phi) is 10.9. The Bertz CT molecular complexity index is 261. The monoisotopic (exact) mass is 276 g/mol. The molecule has 0 aliphatic carbocycles. The Labute approximate surface area is 113 Å². The minimum atomic E-state index is -0.815. The zero-order valence-electron chi connectivity index (χ0n) is 11.6. The predicted molar refractivity (Wildman–Crippen MR) is 70.2 cm³/mol. The van der Waals surface area contributed by atoms with Crippen LogP contribution >= 0.6 is 0 Å². The number of carboxylic acid groups (broad SMARTS) is 1. The topological polar surface area (TPSA) is 96.9 Å². The van der Waals surface area contributed by atoms with Crippen molar-refractivity contribution in [3.05, 3.63) is 0 Å². The molecule has 112 valence electrons. The van der Waals surface area contributed by atoms with E-state index in [9.17, 15) is 9.59 Å². The largest absolute Gasteiger partial charge is 0.481 e. The summed E-state index contributed by atoms with van der Waals surface area (Å²) < 4.78 is 10.00. The Morgan fingerprint density at radius 2 is 2.00 bits per heavy atom. The number of ether oxygens (including phenoxy) is 2. The van der Waals surface area contributed by atoms with Crippen LogP contribution in [0, 0.1) is 0 Å². The molecule has 0 aromatic heterocycles. The van der Waals surface area contributed by atoms with Crippen molar-refractivity contribution >= 4 is 12.0 Å². The van der Waals surface area contributed by atoms with Crippen molar-refractivity contribution in [3.8, 4) is 0 Å². The zero-order valence-corrected chi connectivity index (χ0v) is 11.6. The third-order valence-corrected chi connectivity index (χ3v) is 2.37. The minimum absolute atomic E-state index is 0.0474. The molecule has 0 bridgehead atoms. The van der Waals surface area contributed by atoms with Gasteiger partial charge >= 0.3 is 12.0 Å². The summed E-state index contributed by atoms with van der Waals surface area (Å²) in [6.45, 7) is 3.75. The molecule has 0 rings (SSSR count). The van der Waals surface area contributed by atoms with E-state index in [4.69, 9.17) is 14.6 Å². The van der Waals surface area contributed by atoms with Gasteiger partial charge in [0.15, 0.2) is 0 Å². The molecule has 0 radical (unpaired) electrons. The summed E-state index contributed by atoms with van der Waals surface area (Å²) in [6.07, 6.45) is 1.32. The third kappa shape index (κ3) is 12.9. The summed E-state index contributed by atoms with van der Waals surface area (Å²) in [5.41, 5.74) is 0. The maximum Gasteiger partial charge on any atom is 0.315 e. The Hall–Kier alpha value is -1.34. The van der Waals surface area contributed by atoms with Crippen LogP contribution in [0.5, 0.6) is 0 Å². The average molecular weight is 276 g/mol. The number of urea groups is 1. The van der Waals surface area contributed by atoms with Crippen molar-refractivity contribution in [2.75, 3.05) is 33.5 Å². The summed E-state index contributed by atoms with van der Waals surface area (Å²) in [4.78, 5) is 21.8. The van der Waals surface area contributed by atoms with Gasteiger partial charge in [0, 0.05) is 26.1 Å². The second-order valence-electron chi connectivity index (χ2n) is 4.19. The summed E-state index contributed by atoms with van der Waals surface area (Å²) in [7, 11) is 1.60. The molecule has 3 N–H and O–H groups in total. The van der Waals surface area contributed by atoms with E-state index in [-0.39, 0.29) is 18.5 Å². The summed E-state index contributed by atoms with van der Waals surface area (Å²) >= 11 is 0. The number of aliphatic carboxylic acids is 1. The average Bonchev–Trinajstić information content (AvgIpc) is 2.33. The second kappa shape index (κ2) is 11.7. The van der Waals surface area contributed by atoms with Gasteiger partial charge < -0.3 is 25.2 Å². The first-order valence-corrected chi connectivity index (χ1v) is 6.39. The molecule has 0 saturated heterocycles. The number of hydrogen-bond acceptors (Lipinski definition) is 4. The molecule has 0 saturated carbocycles. The van der Waals surface area contributed by atoms with E-state index < -0.39 is 5.97 Å². The molecule has 0 aliphatic rings. The van der Waals surface area contributed by atoms with Crippen LogP contribution in [0.15, 0.2) is 0 Å². The van der Waals surface area contributed by atoms with Crippen LogP contribution in [-0.4, -0.2) is 56.6 Å². The van der Waals surface area contributed by atoms with Gasteiger partial charge in [0.2, 0.25) is 0 Å². The second-order valence-corrected chi connectivity index (χ2v) is 4.19. The van der Waals surface area contributed by atoms with Crippen LogP contribution in [0.3, 0.4) is 0 Å². The smallest absolute Gasteiger partial charge is 0.315 e. The zero-order chi connectivity index (χ0) is 14.5. The van der Waals surface area contributed by atoms with Crippen molar-refractivity contribution in [2.45, 2.75) is 32.2 Å². The molecule has 7 heteroatoms. The highest BCUT2D eigenvalue weighted by atomic mass is 16.5. The van der Waals surface area contributed by atoms with Gasteiger partial charge in [-0.05, 0) is 19.8 Å². The predicted octanol–water partition coefficient (Wildman–Crippen LogP) is 0.592. The normalized spacial score (nSPS) is 11.9. The van der Waals surface area contributed by atoms with E-state index in [0.717, 1.165) is 0 Å². The van der Waals surface area contributed by atoms with Crippen LogP contribution in [0.1, 0.15) is 26.2 Å². The van der Waals surface area contributed by atoms with Gasteiger partial charge in [-0.2, -0.15) is 0 Å². The quantitative estimate of drug-likeness (QED) is 0.480. The Morgan fingerprint density at radius 1 is 1.26 bits per heavy atom. The van der Waals surface area contributed by atoms with E-state index in [1.165, 1.54) is 0 Å². The maximum absolute atomic E-state index is 11.4. The van der Waals surface area contributed by atoms with E-state index in [0.29, 0.717) is 39.2 Å². The molecule has 0 fully saturated rings. The van der Waals surface area contributed by atoms with E-state index in [1.807, 2.05) is 6.92 Å². The van der Waals surface area contributed by atoms with Crippen molar-refractivity contribution in [2.24, 2.45) is 0 Å². The molecule has 1 unspecified atom stereocenters. The number of carboxylic acids is 1. The van der Waals surface area contributed by atoms with Crippen LogP contribution < -0.4 is 10.6 Å². The highest BCUT2D eigenvalue weighted by molar-refractivity contribution is 5.74. The number of amides is 2. The number of methoxy groups -OCH3 is 1. The molecule has 0 spiro atoms. The van der Waals surface area contributed by atoms with Crippen LogP contribution in [0.2, 0.25) is 0 Å². The fraction of sp³-hybridized carbons (Fsp3) is 0.833. The van der Waals surface area contributed by atoms with E-state index in [1.54, 1.807) is 7.11 Å². The van der Waals surface area contributed by atoms with Crippen molar-refractivity contribution < 1.29 is 24.2 Å². The molecular formula is C12H24N2O5. The van der Waals surface area contributed by atoms with Crippen LogP contribution in [0.25, 0.3) is 0 Å². The first kappa shape index (κ1) is 17.7. The molecule has 0 heterocycles. The van der Waals surface area contributed by atoms with Crippen LogP contribution in [0.4, 0.5) is 4.79 Å². The van der Waals surface area contributed by atoms with Crippen molar-refractivity contribution in [3.63, 3.8) is 0 Å². The van der Waals surface area contributed by atoms with Gasteiger partial charge in [0.25, 0.3) is 0 Å². The molecule has 0 aromatic rings. The van der Waals surface area contributed by atoms with Gasteiger partial charge in [-0.3, -0.25) is 4.79 Å². The lowest BCUT2D eigenvalue weighted by Crippen LogP contribution is -2.42. The van der Waals surface area contributed by atoms with E-state index >= 15 is 0 Å². The Morgan fingerprint density at radius 3 is 2.63 bits per heavy atom. The molecule has 7 nitrogen and oxygen atoms in total. The first-order valence-electron chi connectivity index (χ1n) is 6.39. The van der Waals surface area contributed by atoms with Gasteiger partial charge in [0.05, 0.1) is 19.8 Å². The van der Waals surface area contributed by atoms with Crippen LogP contribution in [-0.2, 0) is 14.3 Å². The maximum atomic E-state index is 11.4. The number of nitrogens with one attached hydrogen (secondary N) is 2. The number of carbonyl (C=O) groups is 2. The molecule has 2 amide bonds. The highest BCUT2D eigenvalue weighted by Gasteiger charge is 2.07. The number of rotatable bonds is 11. The summed E-state index contributed by atoms with van der Waals surface area (Å²) in [5, 5.41) is 13.9. The van der Waals surface area contributed by atoms with Gasteiger partial charge in [-0.15, -0.1) is 0 Å². The molecular weight excluding hydrogens is 252 g/mol. The van der Waals surface area contributed by atoms with Gasteiger partial charge in [-0.25, -0.2) is 4.79 Å². The first-order chi connectivity index (χ1) is 9.06. The minimum Gasteiger partial charge on any atom is -0.481 e. The SMILES string of the molecule is COCCOCCNC(=O)NC(C)CCCC(=O)O.